The number of anilines is 2. The molecule has 0 aliphatic heterocycles. The monoisotopic (exact) mass is 286 g/mol. The molecule has 0 radical (unpaired) electrons. The van der Waals surface area contributed by atoms with Crippen LogP contribution in [-0.4, -0.2) is 22.9 Å². The average Bonchev–Trinajstić information content (AvgIpc) is 2.46. The topological polar surface area (TPSA) is 97.2 Å². The number of carbonyl (C=O) groups excluding carboxylic acids is 1. The van der Waals surface area contributed by atoms with Crippen LogP contribution in [0.1, 0.15) is 16.1 Å². The highest BCUT2D eigenvalue weighted by Gasteiger charge is 2.16. The largest absolute Gasteiger partial charge is 0.387 e. The quantitative estimate of drug-likeness (QED) is 0.665. The molecule has 0 fully saturated rings. The van der Waals surface area contributed by atoms with E-state index in [1.54, 1.807) is 25.4 Å². The van der Waals surface area contributed by atoms with Crippen molar-refractivity contribution in [3.05, 3.63) is 57.9 Å². The summed E-state index contributed by atoms with van der Waals surface area (Å²) in [5.41, 5.74) is 1.94. The summed E-state index contributed by atoms with van der Waals surface area (Å²) < 4.78 is 0. The standard InChI is InChI=1S/C14H14N4O3/c1-9-7-10(5-6-16-9)17-14(19)12-8-11(18(20)21)3-4-13(12)15-2/h3-8,15H,1-2H3,(H,16,17,19). The molecule has 2 aromatic rings. The lowest BCUT2D eigenvalue weighted by Crippen LogP contribution is -2.14. The van der Waals surface area contributed by atoms with Crippen LogP contribution < -0.4 is 10.6 Å². The first-order valence-electron chi connectivity index (χ1n) is 6.21. The van der Waals surface area contributed by atoms with Crippen LogP contribution in [0.3, 0.4) is 0 Å². The second kappa shape index (κ2) is 6.00. The van der Waals surface area contributed by atoms with Gasteiger partial charge in [-0.05, 0) is 25.1 Å². The number of benzene rings is 1. The zero-order chi connectivity index (χ0) is 15.4. The van der Waals surface area contributed by atoms with Crippen molar-refractivity contribution in [2.75, 3.05) is 17.7 Å². The summed E-state index contributed by atoms with van der Waals surface area (Å²) in [5.74, 6) is -0.423. The molecule has 0 atom stereocenters. The normalized spacial score (nSPS) is 10.0. The van der Waals surface area contributed by atoms with Gasteiger partial charge in [0.25, 0.3) is 11.6 Å². The second-order valence-electron chi connectivity index (χ2n) is 4.38. The molecular formula is C14H14N4O3. The molecule has 1 heterocycles. The number of aryl methyl sites for hydroxylation is 1. The van der Waals surface area contributed by atoms with Crippen molar-refractivity contribution in [1.82, 2.24) is 4.98 Å². The molecule has 0 spiro atoms. The van der Waals surface area contributed by atoms with Crippen LogP contribution in [0.2, 0.25) is 0 Å². The van der Waals surface area contributed by atoms with Crippen LogP contribution in [0.4, 0.5) is 17.1 Å². The summed E-state index contributed by atoms with van der Waals surface area (Å²) in [7, 11) is 1.65. The highest BCUT2D eigenvalue weighted by molar-refractivity contribution is 6.08. The molecule has 0 aliphatic carbocycles. The fourth-order valence-electron chi connectivity index (χ4n) is 1.87. The third-order valence-corrected chi connectivity index (χ3v) is 2.88. The number of nitro benzene ring substituents is 1. The van der Waals surface area contributed by atoms with Crippen molar-refractivity contribution in [2.24, 2.45) is 0 Å². The molecule has 7 heteroatoms. The summed E-state index contributed by atoms with van der Waals surface area (Å²) in [6.45, 7) is 1.81. The highest BCUT2D eigenvalue weighted by Crippen LogP contribution is 2.23. The maximum atomic E-state index is 12.3. The molecule has 0 saturated heterocycles. The van der Waals surface area contributed by atoms with Crippen LogP contribution >= 0.6 is 0 Å². The number of pyridine rings is 1. The first-order valence-corrected chi connectivity index (χ1v) is 6.21. The molecule has 0 bridgehead atoms. The van der Waals surface area contributed by atoms with Gasteiger partial charge >= 0.3 is 0 Å². The Kier molecular flexibility index (Phi) is 4.13. The molecule has 1 amide bonds. The minimum Gasteiger partial charge on any atom is -0.387 e. The zero-order valence-electron chi connectivity index (χ0n) is 11.6. The van der Waals surface area contributed by atoms with Gasteiger partial charge in [0.1, 0.15) is 0 Å². The van der Waals surface area contributed by atoms with Gasteiger partial charge in [-0.15, -0.1) is 0 Å². The lowest BCUT2D eigenvalue weighted by Gasteiger charge is -2.10. The number of nitrogens with one attached hydrogen (secondary N) is 2. The second-order valence-corrected chi connectivity index (χ2v) is 4.38. The molecule has 1 aromatic carbocycles. The van der Waals surface area contributed by atoms with Crippen LogP contribution in [0.5, 0.6) is 0 Å². The molecular weight excluding hydrogens is 272 g/mol. The van der Waals surface area contributed by atoms with Gasteiger partial charge in [-0.25, -0.2) is 0 Å². The van der Waals surface area contributed by atoms with Crippen molar-refractivity contribution in [3.63, 3.8) is 0 Å². The number of nitro groups is 1. The molecule has 2 N–H and O–H groups in total. The zero-order valence-corrected chi connectivity index (χ0v) is 11.6. The Morgan fingerprint density at radius 3 is 2.67 bits per heavy atom. The number of carbonyl (C=O) groups is 1. The Labute approximate surface area is 121 Å². The van der Waals surface area contributed by atoms with Crippen molar-refractivity contribution in [3.8, 4) is 0 Å². The third-order valence-electron chi connectivity index (χ3n) is 2.88. The Morgan fingerprint density at radius 1 is 1.29 bits per heavy atom. The van der Waals surface area contributed by atoms with Gasteiger partial charge in [0, 0.05) is 42.4 Å². The molecule has 7 nitrogen and oxygen atoms in total. The van der Waals surface area contributed by atoms with Crippen molar-refractivity contribution < 1.29 is 9.72 Å². The van der Waals surface area contributed by atoms with E-state index >= 15 is 0 Å². The predicted octanol–water partition coefficient (Wildman–Crippen LogP) is 2.59. The molecule has 1 aromatic heterocycles. The molecule has 108 valence electrons. The number of amides is 1. The van der Waals surface area contributed by atoms with E-state index in [1.165, 1.54) is 18.2 Å². The smallest absolute Gasteiger partial charge is 0.270 e. The lowest BCUT2D eigenvalue weighted by molar-refractivity contribution is -0.384. The van der Waals surface area contributed by atoms with Crippen LogP contribution in [0.15, 0.2) is 36.5 Å². The van der Waals surface area contributed by atoms with E-state index in [0.717, 1.165) is 5.69 Å². The van der Waals surface area contributed by atoms with E-state index in [2.05, 4.69) is 15.6 Å². The Balaban J connectivity index is 2.33. The Hall–Kier alpha value is -2.96. The van der Waals surface area contributed by atoms with Gasteiger partial charge in [0.15, 0.2) is 0 Å². The maximum Gasteiger partial charge on any atom is 0.270 e. The maximum absolute atomic E-state index is 12.3. The van der Waals surface area contributed by atoms with Crippen molar-refractivity contribution in [2.45, 2.75) is 6.92 Å². The van der Waals surface area contributed by atoms with Gasteiger partial charge < -0.3 is 10.6 Å². The summed E-state index contributed by atoms with van der Waals surface area (Å²) in [6.07, 6.45) is 1.58. The number of non-ortho nitro benzene ring substituents is 1. The summed E-state index contributed by atoms with van der Waals surface area (Å²) in [6, 6.07) is 7.47. The number of hydrogen-bond donors (Lipinski definition) is 2. The summed E-state index contributed by atoms with van der Waals surface area (Å²) in [5, 5.41) is 16.4. The minimum atomic E-state index is -0.535. The SMILES string of the molecule is CNc1ccc([N+](=O)[O-])cc1C(=O)Nc1ccnc(C)c1. The molecule has 0 unspecified atom stereocenters. The van der Waals surface area contributed by atoms with E-state index in [9.17, 15) is 14.9 Å². The van der Waals surface area contributed by atoms with Gasteiger partial charge in [0.2, 0.25) is 0 Å². The van der Waals surface area contributed by atoms with Gasteiger partial charge in [0.05, 0.1) is 10.5 Å². The number of nitrogens with zero attached hydrogens (tertiary/aromatic N) is 2. The Morgan fingerprint density at radius 2 is 2.05 bits per heavy atom. The minimum absolute atomic E-state index is 0.134. The van der Waals surface area contributed by atoms with E-state index in [4.69, 9.17) is 0 Å². The summed E-state index contributed by atoms with van der Waals surface area (Å²) in [4.78, 5) is 26.6. The fraction of sp³-hybridized carbons (Fsp3) is 0.143. The van der Waals surface area contributed by atoms with Crippen LogP contribution in [0, 0.1) is 17.0 Å². The van der Waals surface area contributed by atoms with Crippen molar-refractivity contribution >= 4 is 23.0 Å². The van der Waals surface area contributed by atoms with Crippen molar-refractivity contribution in [1.29, 1.82) is 0 Å². The first-order chi connectivity index (χ1) is 10.0. The van der Waals surface area contributed by atoms with Gasteiger partial charge in [-0.1, -0.05) is 0 Å². The van der Waals surface area contributed by atoms with Gasteiger partial charge in [-0.3, -0.25) is 19.9 Å². The van der Waals surface area contributed by atoms with Crippen LogP contribution in [0.25, 0.3) is 0 Å². The molecule has 0 saturated carbocycles. The van der Waals surface area contributed by atoms with E-state index in [-0.39, 0.29) is 11.3 Å². The van der Waals surface area contributed by atoms with Gasteiger partial charge in [-0.2, -0.15) is 0 Å². The highest BCUT2D eigenvalue weighted by atomic mass is 16.6. The predicted molar refractivity (Wildman–Crippen MR) is 79.6 cm³/mol. The Bertz CT molecular complexity index is 700. The lowest BCUT2D eigenvalue weighted by atomic mass is 10.1. The van der Waals surface area contributed by atoms with E-state index in [1.807, 2.05) is 6.92 Å². The average molecular weight is 286 g/mol. The van der Waals surface area contributed by atoms with Crippen LogP contribution in [-0.2, 0) is 0 Å². The third kappa shape index (κ3) is 3.33. The summed E-state index contributed by atoms with van der Waals surface area (Å²) >= 11 is 0. The molecule has 21 heavy (non-hydrogen) atoms. The number of hydrogen-bond acceptors (Lipinski definition) is 5. The molecule has 0 aliphatic rings. The van der Waals surface area contributed by atoms with E-state index < -0.39 is 10.8 Å². The van der Waals surface area contributed by atoms with E-state index in [0.29, 0.717) is 11.4 Å². The first kappa shape index (κ1) is 14.4. The number of aromatic nitrogens is 1. The fourth-order valence-corrected chi connectivity index (χ4v) is 1.87. The number of rotatable bonds is 4. The molecule has 2 rings (SSSR count).